The highest BCUT2D eigenvalue weighted by atomic mass is 19.1. The minimum absolute atomic E-state index is 0.0222. The lowest BCUT2D eigenvalue weighted by Gasteiger charge is -2.34. The van der Waals surface area contributed by atoms with Gasteiger partial charge in [-0.15, -0.1) is 0 Å². The van der Waals surface area contributed by atoms with E-state index in [0.717, 1.165) is 125 Å². The molecule has 2 unspecified atom stereocenters. The number of pyridine rings is 4. The number of nitrogens with zero attached hydrogens (tertiary/aromatic N) is 14. The van der Waals surface area contributed by atoms with E-state index in [4.69, 9.17) is 5.10 Å². The number of aryl methyl sites for hydroxylation is 4. The number of hydrogen-bond donors (Lipinski definition) is 0. The van der Waals surface area contributed by atoms with Crippen LogP contribution in [0.4, 0.5) is 23.4 Å². The highest BCUT2D eigenvalue weighted by Gasteiger charge is 2.46. The van der Waals surface area contributed by atoms with Gasteiger partial charge in [0.25, 0.3) is 0 Å². The van der Waals surface area contributed by atoms with Gasteiger partial charge in [0.15, 0.2) is 17.3 Å². The third kappa shape index (κ3) is 15.7. The van der Waals surface area contributed by atoms with E-state index in [2.05, 4.69) is 58.3 Å². The molecule has 2 aliphatic carbocycles. The summed E-state index contributed by atoms with van der Waals surface area (Å²) < 4.78 is 60.1. The second-order valence-electron chi connectivity index (χ2n) is 27.7. The number of likely N-dealkylation sites (N-methyl/N-ethyl adjacent to an activating group) is 1. The number of Topliss-reactive ketones (excluding diaryl/α,β-unsaturated/α-hetero) is 3. The number of benzene rings is 4. The summed E-state index contributed by atoms with van der Waals surface area (Å²) in [6, 6.07) is 40.6. The minimum Gasteiger partial charge on any atom is -0.354 e. The molecule has 0 spiro atoms. The van der Waals surface area contributed by atoms with Crippen LogP contribution in [0.5, 0.6) is 0 Å². The van der Waals surface area contributed by atoms with Crippen molar-refractivity contribution in [3.05, 3.63) is 282 Å². The number of rotatable bonds is 16. The Bertz CT molecular complexity index is 4890. The van der Waals surface area contributed by atoms with E-state index in [1.807, 2.05) is 131 Å². The second-order valence-corrected chi connectivity index (χ2v) is 27.7. The number of carbonyl (C=O) groups excluding carboxylic acids is 3. The monoisotopic (exact) mass is 1390 g/mol. The third-order valence-corrected chi connectivity index (χ3v) is 19.9. The average molecular weight is 1390 g/mol. The van der Waals surface area contributed by atoms with E-state index < -0.39 is 16.2 Å². The van der Waals surface area contributed by atoms with Crippen LogP contribution in [0.25, 0.3) is 44.5 Å². The molecular formula is C82H82F4N14O3. The summed E-state index contributed by atoms with van der Waals surface area (Å²) in [5.41, 5.74) is 11.2. The zero-order valence-corrected chi connectivity index (χ0v) is 59.2. The molecule has 2 atom stereocenters. The van der Waals surface area contributed by atoms with Crippen molar-refractivity contribution in [1.82, 2.24) is 64.0 Å². The van der Waals surface area contributed by atoms with Gasteiger partial charge in [0, 0.05) is 145 Å². The lowest BCUT2D eigenvalue weighted by Crippen LogP contribution is -2.45. The standard InChI is InChI=1S/C24H28FN5O.C21H20FN3O.C19H18FN3O.C18H16FN3/c1-24(2,18-5-7-19(25)8-6-18)22(31)21-20(17-9-11-26-12-10-17)23(29(4)27-21)30-15-13-28(3)14-16-30;1-25-14-18(15-8-12-23-13-9-15)19(24-25)20(26)21(10-2-3-11-21)16-4-6-17(22)7-5-16;1-19(2,14-4-6-15(20)7-5-14)18(24)17-16(12-23(3)22-17)13-8-10-21-11-9-13;1-22-11-17(13-6-8-20-9-7-13)18(21-22)16-10-15(16)12-2-4-14(19)5-3-12/h5-12H,13-16H2,1-4H3;4-9,12-14H,2-3,10-11H2,1H3;4-12H,1-3H3;2-9,11,15-16H,10H2,1H3. The van der Waals surface area contributed by atoms with Gasteiger partial charge >= 0.3 is 0 Å². The van der Waals surface area contributed by atoms with Crippen LogP contribution in [0.3, 0.4) is 0 Å². The Morgan fingerprint density at radius 3 is 1.29 bits per heavy atom. The second kappa shape index (κ2) is 30.6. The van der Waals surface area contributed by atoms with E-state index in [9.17, 15) is 31.9 Å². The maximum absolute atomic E-state index is 13.8. The van der Waals surface area contributed by atoms with Crippen LogP contribution >= 0.6 is 0 Å². The third-order valence-electron chi connectivity index (χ3n) is 19.9. The van der Waals surface area contributed by atoms with Gasteiger partial charge in [-0.25, -0.2) is 17.6 Å². The van der Waals surface area contributed by atoms with Gasteiger partial charge in [0.05, 0.1) is 27.5 Å². The fourth-order valence-electron chi connectivity index (χ4n) is 14.0. The van der Waals surface area contributed by atoms with E-state index in [1.54, 1.807) is 102 Å². The van der Waals surface area contributed by atoms with Crippen molar-refractivity contribution in [3.8, 4) is 44.5 Å². The van der Waals surface area contributed by atoms with Gasteiger partial charge in [0.1, 0.15) is 46.2 Å². The Kier molecular flexibility index (Phi) is 21.3. The smallest absolute Gasteiger partial charge is 0.194 e. The Balaban J connectivity index is 0.000000130. The zero-order valence-electron chi connectivity index (χ0n) is 59.2. The largest absolute Gasteiger partial charge is 0.354 e. The molecule has 3 fully saturated rings. The normalized spacial score (nSPS) is 15.6. The van der Waals surface area contributed by atoms with Crippen molar-refractivity contribution in [2.45, 2.75) is 87.9 Å². The summed E-state index contributed by atoms with van der Waals surface area (Å²) in [6.45, 7) is 11.0. The molecule has 12 aromatic rings. The Hall–Kier alpha value is -11.2. The fraction of sp³-hybridized carbons (Fsp3) is 0.280. The van der Waals surface area contributed by atoms with Gasteiger partial charge in [-0.3, -0.25) is 53.0 Å². The Morgan fingerprint density at radius 1 is 0.427 bits per heavy atom. The zero-order chi connectivity index (χ0) is 72.7. The molecule has 1 aliphatic heterocycles. The fourth-order valence-corrected chi connectivity index (χ4v) is 14.0. The summed E-state index contributed by atoms with van der Waals surface area (Å²) in [7, 11) is 9.56. The number of ketones is 3. The van der Waals surface area contributed by atoms with E-state index >= 15 is 0 Å². The molecule has 4 aromatic carbocycles. The van der Waals surface area contributed by atoms with E-state index in [-0.39, 0.29) is 40.6 Å². The van der Waals surface area contributed by atoms with Crippen molar-refractivity contribution in [1.29, 1.82) is 0 Å². The minimum atomic E-state index is -0.858. The molecule has 9 heterocycles. The molecule has 21 heteroatoms. The maximum Gasteiger partial charge on any atom is 0.194 e. The van der Waals surface area contributed by atoms with Crippen molar-refractivity contribution in [2.75, 3.05) is 38.1 Å². The van der Waals surface area contributed by atoms with Gasteiger partial charge < -0.3 is 9.80 Å². The number of aromatic nitrogens is 12. The molecule has 15 rings (SSSR count). The number of hydrogen-bond acceptors (Lipinski definition) is 13. The van der Waals surface area contributed by atoms with Crippen molar-refractivity contribution >= 4 is 23.2 Å². The van der Waals surface area contributed by atoms with Crippen LogP contribution in [0.15, 0.2) is 214 Å². The van der Waals surface area contributed by atoms with E-state index in [0.29, 0.717) is 28.9 Å². The molecule has 0 radical (unpaired) electrons. The topological polar surface area (TPSA) is 181 Å². The predicted octanol–water partition coefficient (Wildman–Crippen LogP) is 15.5. The molecule has 1 saturated heterocycles. The highest BCUT2D eigenvalue weighted by Crippen LogP contribution is 2.56. The Morgan fingerprint density at radius 2 is 0.816 bits per heavy atom. The van der Waals surface area contributed by atoms with Crippen LogP contribution in [0, 0.1) is 23.3 Å². The molecule has 526 valence electrons. The predicted molar refractivity (Wildman–Crippen MR) is 390 cm³/mol. The molecule has 3 aliphatic rings. The summed E-state index contributed by atoms with van der Waals surface area (Å²) >= 11 is 0. The van der Waals surface area contributed by atoms with Crippen LogP contribution < -0.4 is 4.90 Å². The van der Waals surface area contributed by atoms with Gasteiger partial charge in [-0.2, -0.15) is 20.4 Å². The molecule has 103 heavy (non-hydrogen) atoms. The van der Waals surface area contributed by atoms with Gasteiger partial charge in [-0.1, -0.05) is 61.4 Å². The molecular weight excluding hydrogens is 1300 g/mol. The quantitative estimate of drug-likeness (QED) is 0.0659. The first-order chi connectivity index (χ1) is 49.5. The number of piperazine rings is 1. The number of halogens is 4. The molecule has 2 saturated carbocycles. The molecule has 8 aromatic heterocycles. The number of anilines is 1. The summed E-state index contributed by atoms with van der Waals surface area (Å²) in [6.07, 6.45) is 24.2. The summed E-state index contributed by atoms with van der Waals surface area (Å²) in [5.74, 6) is 0.499. The van der Waals surface area contributed by atoms with Crippen molar-refractivity contribution in [3.63, 3.8) is 0 Å². The van der Waals surface area contributed by atoms with Crippen molar-refractivity contribution < 1.29 is 31.9 Å². The maximum atomic E-state index is 13.8. The van der Waals surface area contributed by atoms with Crippen LogP contribution in [0.2, 0.25) is 0 Å². The summed E-state index contributed by atoms with van der Waals surface area (Å²) in [5, 5.41) is 18.2. The molecule has 17 nitrogen and oxygen atoms in total. The first-order valence-electron chi connectivity index (χ1n) is 34.4. The first-order valence-corrected chi connectivity index (χ1v) is 34.4. The highest BCUT2D eigenvalue weighted by molar-refractivity contribution is 6.09. The van der Waals surface area contributed by atoms with Crippen LogP contribution in [-0.4, -0.2) is 115 Å². The Labute approximate surface area is 597 Å². The van der Waals surface area contributed by atoms with Gasteiger partial charge in [0.2, 0.25) is 0 Å². The lowest BCUT2D eigenvalue weighted by molar-refractivity contribution is 0.0877. The summed E-state index contributed by atoms with van der Waals surface area (Å²) in [4.78, 5) is 61.6. The van der Waals surface area contributed by atoms with Crippen molar-refractivity contribution in [2.24, 2.45) is 28.2 Å². The number of carbonyl (C=O) groups is 3. The van der Waals surface area contributed by atoms with E-state index in [1.165, 1.54) is 59.7 Å². The molecule has 0 amide bonds. The average Bonchev–Trinajstić information content (AvgIpc) is 1.68. The van der Waals surface area contributed by atoms with Crippen LogP contribution in [-0.2, 0) is 44.4 Å². The van der Waals surface area contributed by atoms with Crippen LogP contribution in [0.1, 0.15) is 131 Å². The van der Waals surface area contributed by atoms with Gasteiger partial charge in [-0.05, 0) is 201 Å². The SMILES string of the molecule is CN1CCN(c2c(-c3ccncc3)c(C(=O)C(C)(C)c3ccc(F)cc3)nn2C)CC1.Cn1cc(-c2ccncc2)c(C(=O)C(C)(C)c2ccc(F)cc2)n1.Cn1cc(-c2ccncc2)c(C(=O)C2(c3ccc(F)cc3)CCCC2)n1.Cn1cc(-c2ccncc2)c(C2CC2c2ccc(F)cc2)n1. The molecule has 0 bridgehead atoms. The molecule has 0 N–H and O–H groups in total. The lowest BCUT2D eigenvalue weighted by atomic mass is 9.73. The first kappa shape index (κ1) is 71.6.